The van der Waals surface area contributed by atoms with Crippen LogP contribution in [0.3, 0.4) is 0 Å². The van der Waals surface area contributed by atoms with Gasteiger partial charge in [-0.2, -0.15) is 0 Å². The van der Waals surface area contributed by atoms with Crippen LogP contribution >= 0.6 is 0 Å². The molecule has 1 radical (unpaired) electrons. The molecule has 0 N–H and O–H groups in total. The molecule has 1 aromatic carbocycles. The van der Waals surface area contributed by atoms with Crippen molar-refractivity contribution in [2.24, 2.45) is 0 Å². The Kier molecular flexibility index (Phi) is 42.7. The standard InChI is InChI=1S/C11H14.C4H10.2C2H6.C2H4.V/c1-8(2)11-6-5-9(3)10(4)7-11;1-3-4-2;3*1-2;/h5-7H,1H2,2-4H3;3-4H2,1-2H3;2*1-2H3;1-2H2;. The summed E-state index contributed by atoms with van der Waals surface area (Å²) in [6.07, 6.45) is 2.64. The molecule has 22 heavy (non-hydrogen) atoms. The van der Waals surface area contributed by atoms with Crippen molar-refractivity contribution >= 4 is 5.57 Å². The molecule has 0 fully saturated rings. The second kappa shape index (κ2) is 28.4. The Morgan fingerprint density at radius 1 is 0.864 bits per heavy atom. The van der Waals surface area contributed by atoms with E-state index in [1.165, 1.54) is 29.5 Å². The van der Waals surface area contributed by atoms with E-state index in [-0.39, 0.29) is 18.6 Å². The summed E-state index contributed by atoms with van der Waals surface area (Å²) in [5, 5.41) is 0. The molecule has 0 nitrogen and oxygen atoms in total. The van der Waals surface area contributed by atoms with Crippen molar-refractivity contribution in [3.05, 3.63) is 54.6 Å². The summed E-state index contributed by atoms with van der Waals surface area (Å²) in [5.74, 6) is 0. The molecule has 0 aromatic heterocycles. The third-order valence-corrected chi connectivity index (χ3v) is 2.50. The molecule has 0 unspecified atom stereocenters. The minimum absolute atomic E-state index is 0. The summed E-state index contributed by atoms with van der Waals surface area (Å²) < 4.78 is 0. The molecule has 129 valence electrons. The minimum atomic E-state index is 0. The molecule has 0 amide bonds. The number of hydrogen-bond acceptors (Lipinski definition) is 0. The molecule has 0 bridgehead atoms. The van der Waals surface area contributed by atoms with Gasteiger partial charge in [0.05, 0.1) is 0 Å². The largest absolute Gasteiger partial charge is 0.106 e. The third-order valence-electron chi connectivity index (χ3n) is 2.50. The Hall–Kier alpha value is -0.716. The van der Waals surface area contributed by atoms with Crippen LogP contribution in [0, 0.1) is 13.8 Å². The summed E-state index contributed by atoms with van der Waals surface area (Å²) in [4.78, 5) is 0. The zero-order chi connectivity index (χ0) is 17.8. The van der Waals surface area contributed by atoms with Gasteiger partial charge in [0.15, 0.2) is 0 Å². The smallest absolute Gasteiger partial charge is 0 e. The van der Waals surface area contributed by atoms with E-state index in [0.29, 0.717) is 0 Å². The normalized spacial score (nSPS) is 6.95. The maximum absolute atomic E-state index is 3.90. The number of rotatable bonds is 2. The van der Waals surface area contributed by atoms with E-state index >= 15 is 0 Å². The predicted octanol–water partition coefficient (Wildman–Crippen LogP) is 8.00. The average Bonchev–Trinajstić information content (AvgIpc) is 2.56. The van der Waals surface area contributed by atoms with E-state index in [9.17, 15) is 0 Å². The van der Waals surface area contributed by atoms with Gasteiger partial charge in [-0.3, -0.25) is 0 Å². The van der Waals surface area contributed by atoms with Gasteiger partial charge >= 0.3 is 0 Å². The molecule has 0 atom stereocenters. The molecule has 0 aliphatic carbocycles. The molecule has 0 aliphatic heterocycles. The number of benzene rings is 1. The van der Waals surface area contributed by atoms with Crippen LogP contribution in [-0.2, 0) is 18.6 Å². The van der Waals surface area contributed by atoms with Crippen LogP contribution in [-0.4, -0.2) is 0 Å². The van der Waals surface area contributed by atoms with Crippen LogP contribution in [0.1, 0.15) is 78.0 Å². The summed E-state index contributed by atoms with van der Waals surface area (Å²) in [6.45, 7) is 28.5. The Balaban J connectivity index is -0.0000000746. The SMILES string of the molecule is C=C.C=C(C)c1ccc(C)c(C)c1.CC.CC.CCCC.[V]. The molecule has 0 spiro atoms. The topological polar surface area (TPSA) is 0 Å². The summed E-state index contributed by atoms with van der Waals surface area (Å²) in [7, 11) is 0. The zero-order valence-electron chi connectivity index (χ0n) is 16.7. The Morgan fingerprint density at radius 3 is 1.45 bits per heavy atom. The fourth-order valence-electron chi connectivity index (χ4n) is 1.01. The molecular weight excluding hydrogens is 303 g/mol. The predicted molar refractivity (Wildman–Crippen MR) is 105 cm³/mol. The van der Waals surface area contributed by atoms with Gasteiger partial charge in [-0.1, -0.05) is 84.7 Å². The van der Waals surface area contributed by atoms with E-state index in [2.05, 4.69) is 65.6 Å². The van der Waals surface area contributed by atoms with Crippen molar-refractivity contribution in [2.75, 3.05) is 0 Å². The van der Waals surface area contributed by atoms with Gasteiger partial charge in [-0.15, -0.1) is 13.2 Å². The van der Waals surface area contributed by atoms with Crippen molar-refractivity contribution in [3.63, 3.8) is 0 Å². The van der Waals surface area contributed by atoms with Crippen LogP contribution in [0.15, 0.2) is 37.9 Å². The van der Waals surface area contributed by atoms with E-state index in [4.69, 9.17) is 0 Å². The van der Waals surface area contributed by atoms with Gasteiger partial charge in [-0.25, -0.2) is 0 Å². The average molecular weight is 343 g/mol. The monoisotopic (exact) mass is 343 g/mol. The molecule has 1 aromatic rings. The van der Waals surface area contributed by atoms with Crippen molar-refractivity contribution in [1.29, 1.82) is 0 Å². The van der Waals surface area contributed by atoms with Crippen LogP contribution in [0.5, 0.6) is 0 Å². The van der Waals surface area contributed by atoms with Crippen molar-refractivity contribution in [1.82, 2.24) is 0 Å². The first-order valence-corrected chi connectivity index (χ1v) is 8.26. The minimum Gasteiger partial charge on any atom is -0.106 e. The van der Waals surface area contributed by atoms with Crippen molar-refractivity contribution in [2.45, 2.75) is 75.2 Å². The molecule has 1 rings (SSSR count). The number of aryl methyl sites for hydroxylation is 2. The van der Waals surface area contributed by atoms with Gasteiger partial charge in [0.2, 0.25) is 0 Å². The molecule has 0 saturated heterocycles. The molecule has 0 aliphatic rings. The van der Waals surface area contributed by atoms with E-state index in [0.717, 1.165) is 5.57 Å². The second-order valence-electron chi connectivity index (χ2n) is 4.08. The van der Waals surface area contributed by atoms with Crippen LogP contribution in [0.4, 0.5) is 0 Å². The van der Waals surface area contributed by atoms with E-state index in [1.54, 1.807) is 0 Å². The van der Waals surface area contributed by atoms with Gasteiger partial charge in [0.1, 0.15) is 0 Å². The quantitative estimate of drug-likeness (QED) is 0.477. The Morgan fingerprint density at radius 2 is 1.23 bits per heavy atom. The Bertz CT molecular complexity index is 325. The van der Waals surface area contributed by atoms with Crippen molar-refractivity contribution in [3.8, 4) is 0 Å². The molecule has 0 heterocycles. The second-order valence-corrected chi connectivity index (χ2v) is 4.08. The first kappa shape index (κ1) is 33.0. The molecule has 1 heteroatoms. The van der Waals surface area contributed by atoms with Crippen LogP contribution in [0.2, 0.25) is 0 Å². The maximum atomic E-state index is 3.90. The zero-order valence-corrected chi connectivity index (χ0v) is 18.1. The van der Waals surface area contributed by atoms with Gasteiger partial charge in [0.25, 0.3) is 0 Å². The van der Waals surface area contributed by atoms with Gasteiger partial charge in [0, 0.05) is 18.6 Å². The van der Waals surface area contributed by atoms with Crippen molar-refractivity contribution < 1.29 is 18.6 Å². The van der Waals surface area contributed by atoms with Crippen LogP contribution in [0.25, 0.3) is 5.57 Å². The fourth-order valence-corrected chi connectivity index (χ4v) is 1.01. The summed E-state index contributed by atoms with van der Waals surface area (Å²) >= 11 is 0. The van der Waals surface area contributed by atoms with Gasteiger partial charge < -0.3 is 0 Å². The summed E-state index contributed by atoms with van der Waals surface area (Å²) in [5.41, 5.74) is 5.06. The third kappa shape index (κ3) is 21.6. The first-order chi connectivity index (χ1) is 10.0. The van der Waals surface area contributed by atoms with E-state index < -0.39 is 0 Å². The molecule has 0 saturated carbocycles. The van der Waals surface area contributed by atoms with E-state index in [1.807, 2.05) is 34.6 Å². The van der Waals surface area contributed by atoms with Gasteiger partial charge in [-0.05, 0) is 37.5 Å². The Labute approximate surface area is 154 Å². The molecular formula is C21H40V. The fraction of sp³-hybridized carbons (Fsp3) is 0.524. The number of hydrogen-bond donors (Lipinski definition) is 0. The number of allylic oxidation sites excluding steroid dienone is 1. The first-order valence-electron chi connectivity index (χ1n) is 8.26. The van der Waals surface area contributed by atoms with Crippen LogP contribution < -0.4 is 0 Å². The number of unbranched alkanes of at least 4 members (excludes halogenated alkanes) is 1. The summed E-state index contributed by atoms with van der Waals surface area (Å²) in [6, 6.07) is 6.43. The maximum Gasteiger partial charge on any atom is 0 e.